The van der Waals surface area contributed by atoms with Crippen molar-refractivity contribution in [1.29, 1.82) is 5.26 Å². The van der Waals surface area contributed by atoms with Crippen molar-refractivity contribution in [3.8, 4) is 6.07 Å². The van der Waals surface area contributed by atoms with E-state index in [2.05, 4.69) is 4.98 Å². The molecule has 2 aromatic carbocycles. The highest BCUT2D eigenvalue weighted by atomic mass is 19.2. The third kappa shape index (κ3) is 3.01. The van der Waals surface area contributed by atoms with E-state index in [9.17, 15) is 18.8 Å². The smallest absolute Gasteiger partial charge is 0.220 e. The van der Waals surface area contributed by atoms with Crippen molar-refractivity contribution in [3.63, 3.8) is 0 Å². The minimum absolute atomic E-state index is 0.000828. The highest BCUT2D eigenvalue weighted by Crippen LogP contribution is 2.23. The average Bonchev–Trinajstić information content (AvgIpc) is 3.00. The molecule has 1 heterocycles. The average molecular weight is 326 g/mol. The van der Waals surface area contributed by atoms with Crippen molar-refractivity contribution < 1.29 is 18.0 Å². The van der Waals surface area contributed by atoms with Gasteiger partial charge in [-0.3, -0.25) is 4.79 Å². The SMILES string of the molecule is N#C[C@H](C(=O)CCc1cccc(F)c1F)c1nc2ccccc2o1. The number of oxazole rings is 1. The van der Waals surface area contributed by atoms with E-state index < -0.39 is 23.3 Å². The number of nitriles is 1. The maximum Gasteiger partial charge on any atom is 0.220 e. The predicted molar refractivity (Wildman–Crippen MR) is 82.0 cm³/mol. The predicted octanol–water partition coefficient (Wildman–Crippen LogP) is 3.92. The molecule has 0 N–H and O–H groups in total. The Labute approximate surface area is 136 Å². The molecule has 0 aliphatic rings. The van der Waals surface area contributed by atoms with Gasteiger partial charge >= 0.3 is 0 Å². The fourth-order valence-corrected chi connectivity index (χ4v) is 2.42. The molecular weight excluding hydrogens is 314 g/mol. The number of ketones is 1. The van der Waals surface area contributed by atoms with E-state index in [-0.39, 0.29) is 24.3 Å². The number of aromatic nitrogens is 1. The fraction of sp³-hybridized carbons (Fsp3) is 0.167. The maximum atomic E-state index is 13.6. The molecule has 0 saturated heterocycles. The Bertz CT molecular complexity index is 911. The Kier molecular flexibility index (Phi) is 4.34. The van der Waals surface area contributed by atoms with Crippen LogP contribution in [0.3, 0.4) is 0 Å². The van der Waals surface area contributed by atoms with Crippen LogP contribution in [0.25, 0.3) is 11.1 Å². The first-order valence-electron chi connectivity index (χ1n) is 7.31. The van der Waals surface area contributed by atoms with Gasteiger partial charge in [-0.15, -0.1) is 0 Å². The monoisotopic (exact) mass is 326 g/mol. The second-order valence-corrected chi connectivity index (χ2v) is 5.26. The summed E-state index contributed by atoms with van der Waals surface area (Å²) in [5.41, 5.74) is 1.13. The van der Waals surface area contributed by atoms with Crippen LogP contribution in [0.4, 0.5) is 8.78 Å². The van der Waals surface area contributed by atoms with Crippen molar-refractivity contribution >= 4 is 16.9 Å². The summed E-state index contributed by atoms with van der Waals surface area (Å²) < 4.78 is 32.2. The number of nitrogens with zero attached hydrogens (tertiary/aromatic N) is 2. The van der Waals surface area contributed by atoms with Gasteiger partial charge in [0.15, 0.2) is 28.9 Å². The third-order valence-corrected chi connectivity index (χ3v) is 3.68. The number of carbonyl (C=O) groups excluding carboxylic acids is 1. The van der Waals surface area contributed by atoms with E-state index in [1.807, 2.05) is 6.07 Å². The number of Topliss-reactive ketones (excluding diaryl/α,β-unsaturated/α-hetero) is 1. The molecule has 120 valence electrons. The van der Waals surface area contributed by atoms with Crippen LogP contribution in [-0.2, 0) is 11.2 Å². The van der Waals surface area contributed by atoms with Crippen LogP contribution < -0.4 is 0 Å². The number of aryl methyl sites for hydroxylation is 1. The number of fused-ring (bicyclic) bond motifs is 1. The first-order valence-corrected chi connectivity index (χ1v) is 7.31. The first-order chi connectivity index (χ1) is 11.6. The Morgan fingerprint density at radius 3 is 2.75 bits per heavy atom. The summed E-state index contributed by atoms with van der Waals surface area (Å²) in [6.45, 7) is 0. The van der Waals surface area contributed by atoms with Crippen LogP contribution in [0.15, 0.2) is 46.9 Å². The lowest BCUT2D eigenvalue weighted by Gasteiger charge is -2.06. The molecule has 3 aromatic rings. The number of para-hydroxylation sites is 2. The van der Waals surface area contributed by atoms with Crippen molar-refractivity contribution in [2.45, 2.75) is 18.8 Å². The van der Waals surface area contributed by atoms with Gasteiger partial charge in [0, 0.05) is 6.42 Å². The molecule has 1 atom stereocenters. The number of hydrogen-bond acceptors (Lipinski definition) is 4. The molecule has 24 heavy (non-hydrogen) atoms. The van der Waals surface area contributed by atoms with Gasteiger partial charge in [0.1, 0.15) is 5.52 Å². The largest absolute Gasteiger partial charge is 0.439 e. The Morgan fingerprint density at radius 2 is 2.00 bits per heavy atom. The molecule has 0 saturated carbocycles. The molecule has 6 heteroatoms. The highest BCUT2D eigenvalue weighted by molar-refractivity contribution is 5.88. The second-order valence-electron chi connectivity index (χ2n) is 5.26. The molecule has 0 aliphatic heterocycles. The molecule has 0 fully saturated rings. The number of benzene rings is 2. The highest BCUT2D eigenvalue weighted by Gasteiger charge is 2.25. The summed E-state index contributed by atoms with van der Waals surface area (Å²) in [6, 6.07) is 12.6. The number of rotatable bonds is 5. The zero-order chi connectivity index (χ0) is 17.1. The molecule has 0 unspecified atom stereocenters. The van der Waals surface area contributed by atoms with Gasteiger partial charge in [0.05, 0.1) is 6.07 Å². The Balaban J connectivity index is 1.77. The van der Waals surface area contributed by atoms with Crippen LogP contribution in [0.1, 0.15) is 23.8 Å². The lowest BCUT2D eigenvalue weighted by Crippen LogP contribution is -2.12. The van der Waals surface area contributed by atoms with Crippen LogP contribution >= 0.6 is 0 Å². The summed E-state index contributed by atoms with van der Waals surface area (Å²) in [6.07, 6.45) is -0.113. The minimum atomic E-state index is -1.17. The standard InChI is InChI=1S/C18H12F2N2O2/c19-13-5-3-4-11(17(13)20)8-9-15(23)12(10-21)18-22-14-6-1-2-7-16(14)24-18/h1-7,12H,8-9H2/t12-/m1/s1. The quantitative estimate of drug-likeness (QED) is 0.713. The fourth-order valence-electron chi connectivity index (χ4n) is 2.42. The Hall–Kier alpha value is -3.07. The van der Waals surface area contributed by atoms with Gasteiger partial charge in [0.2, 0.25) is 5.89 Å². The van der Waals surface area contributed by atoms with Crippen molar-refractivity contribution in [1.82, 2.24) is 4.98 Å². The van der Waals surface area contributed by atoms with Crippen molar-refractivity contribution in [2.75, 3.05) is 0 Å². The third-order valence-electron chi connectivity index (χ3n) is 3.68. The van der Waals surface area contributed by atoms with Gasteiger partial charge in [-0.25, -0.2) is 13.8 Å². The van der Waals surface area contributed by atoms with E-state index in [0.29, 0.717) is 11.1 Å². The lowest BCUT2D eigenvalue weighted by molar-refractivity contribution is -0.119. The summed E-state index contributed by atoms with van der Waals surface area (Å²) in [7, 11) is 0. The van der Waals surface area contributed by atoms with Crippen molar-refractivity contribution in [2.24, 2.45) is 0 Å². The second kappa shape index (κ2) is 6.59. The zero-order valence-electron chi connectivity index (χ0n) is 12.5. The van der Waals surface area contributed by atoms with E-state index in [1.54, 1.807) is 24.3 Å². The van der Waals surface area contributed by atoms with E-state index in [4.69, 9.17) is 4.42 Å². The molecule has 0 radical (unpaired) electrons. The molecule has 3 rings (SSSR count). The molecule has 0 bridgehead atoms. The van der Waals surface area contributed by atoms with E-state index in [0.717, 1.165) is 6.07 Å². The van der Waals surface area contributed by atoms with Crippen LogP contribution in [0, 0.1) is 23.0 Å². The van der Waals surface area contributed by atoms with Gasteiger partial charge in [0.25, 0.3) is 0 Å². The normalized spacial score (nSPS) is 12.0. The van der Waals surface area contributed by atoms with Crippen LogP contribution in [0.5, 0.6) is 0 Å². The molecular formula is C18H12F2N2O2. The van der Waals surface area contributed by atoms with Gasteiger partial charge in [-0.1, -0.05) is 24.3 Å². The zero-order valence-corrected chi connectivity index (χ0v) is 12.5. The van der Waals surface area contributed by atoms with E-state index in [1.165, 1.54) is 12.1 Å². The number of halogens is 2. The summed E-state index contributed by atoms with van der Waals surface area (Å²) in [5, 5.41) is 9.27. The minimum Gasteiger partial charge on any atom is -0.439 e. The maximum absolute atomic E-state index is 13.6. The van der Waals surface area contributed by atoms with E-state index >= 15 is 0 Å². The van der Waals surface area contributed by atoms with Gasteiger partial charge in [-0.2, -0.15) is 5.26 Å². The molecule has 1 aromatic heterocycles. The summed E-state index contributed by atoms with van der Waals surface area (Å²) in [4.78, 5) is 16.4. The Morgan fingerprint density at radius 1 is 1.21 bits per heavy atom. The molecule has 4 nitrogen and oxygen atoms in total. The topological polar surface area (TPSA) is 66.9 Å². The van der Waals surface area contributed by atoms with Crippen LogP contribution in [-0.4, -0.2) is 10.8 Å². The molecule has 0 aliphatic carbocycles. The van der Waals surface area contributed by atoms with Crippen molar-refractivity contribution in [3.05, 3.63) is 65.6 Å². The number of carbonyl (C=O) groups is 1. The van der Waals surface area contributed by atoms with Gasteiger partial charge in [-0.05, 0) is 30.2 Å². The molecule has 0 amide bonds. The van der Waals surface area contributed by atoms with Gasteiger partial charge < -0.3 is 4.42 Å². The first kappa shape index (κ1) is 15.8. The summed E-state index contributed by atoms with van der Waals surface area (Å²) in [5.74, 6) is -3.54. The number of hydrogen-bond donors (Lipinski definition) is 0. The summed E-state index contributed by atoms with van der Waals surface area (Å²) >= 11 is 0. The molecule has 0 spiro atoms. The van der Waals surface area contributed by atoms with Crippen LogP contribution in [0.2, 0.25) is 0 Å². The lowest BCUT2D eigenvalue weighted by atomic mass is 9.98.